The number of Topliss-reactive ketones (excluding diaryl/α,β-unsaturated/α-hetero) is 1. The Kier molecular flexibility index (Phi) is 6.62. The molecule has 2 atom stereocenters. The van der Waals surface area contributed by atoms with Crippen LogP contribution in [0.3, 0.4) is 0 Å². The van der Waals surface area contributed by atoms with E-state index >= 15 is 4.39 Å². The van der Waals surface area contributed by atoms with Crippen molar-refractivity contribution < 1.29 is 28.2 Å². The van der Waals surface area contributed by atoms with Crippen molar-refractivity contribution in [1.82, 2.24) is 9.88 Å². The number of fused-ring (bicyclic) bond motifs is 1. The summed E-state index contributed by atoms with van der Waals surface area (Å²) in [7, 11) is 0. The van der Waals surface area contributed by atoms with Crippen molar-refractivity contribution in [3.8, 4) is 5.75 Å². The minimum Gasteiger partial charge on any atom is -0.478 e. The van der Waals surface area contributed by atoms with Crippen LogP contribution in [0.5, 0.6) is 5.75 Å². The van der Waals surface area contributed by atoms with Gasteiger partial charge in [0.2, 0.25) is 0 Å². The molecule has 0 bridgehead atoms. The van der Waals surface area contributed by atoms with Gasteiger partial charge in [-0.3, -0.25) is 4.79 Å². The third-order valence-electron chi connectivity index (χ3n) is 6.57. The zero-order valence-electron chi connectivity index (χ0n) is 20.2. The molecule has 8 nitrogen and oxygen atoms in total. The van der Waals surface area contributed by atoms with Crippen LogP contribution >= 0.6 is 0 Å². The maximum atomic E-state index is 17.0. The molecule has 0 amide bonds. The summed E-state index contributed by atoms with van der Waals surface area (Å²) < 4.78 is 28.2. The number of halogens is 1. The number of likely N-dealkylation sites (tertiary alicyclic amines) is 1. The summed E-state index contributed by atoms with van der Waals surface area (Å²) in [6.07, 6.45) is 2.76. The molecule has 4 aromatic rings. The molecule has 1 aliphatic rings. The second kappa shape index (κ2) is 10.0. The fourth-order valence-electron chi connectivity index (χ4n) is 4.52. The van der Waals surface area contributed by atoms with Crippen molar-refractivity contribution in [2.75, 3.05) is 18.4 Å². The third kappa shape index (κ3) is 4.90. The number of carboxylic acids is 1. The molecule has 0 radical (unpaired) electrons. The summed E-state index contributed by atoms with van der Waals surface area (Å²) in [5.41, 5.74) is 3.17. The monoisotopic (exact) mass is 503 g/mol. The van der Waals surface area contributed by atoms with Crippen LogP contribution in [0.4, 0.5) is 10.1 Å². The number of para-hydroxylation sites is 1. The van der Waals surface area contributed by atoms with Gasteiger partial charge in [-0.2, -0.15) is 4.39 Å². The van der Waals surface area contributed by atoms with Gasteiger partial charge < -0.3 is 19.6 Å². The standard InChI is InChI=1S/C28H26FN3O5/c1-18-6-2-3-7-22(18)31-25(20-10-13-23-24(16-20)36-17-30-23)26(33)28(29,32-14-4-5-15-32)37-21-11-8-19(9-12-21)27(34)35/h2-3,6-13,16-17,25,31H,4-5,14-15H2,1H3,(H,34,35). The first kappa shape index (κ1) is 24.5. The topological polar surface area (TPSA) is 105 Å². The first-order valence-corrected chi connectivity index (χ1v) is 12.0. The largest absolute Gasteiger partial charge is 0.478 e. The van der Waals surface area contributed by atoms with Crippen LogP contribution in [0.2, 0.25) is 0 Å². The predicted molar refractivity (Wildman–Crippen MR) is 135 cm³/mol. The van der Waals surface area contributed by atoms with E-state index in [-0.39, 0.29) is 11.3 Å². The molecule has 37 heavy (non-hydrogen) atoms. The molecule has 0 saturated carbocycles. The summed E-state index contributed by atoms with van der Waals surface area (Å²) in [6.45, 7) is 2.58. The zero-order chi connectivity index (χ0) is 26.0. The lowest BCUT2D eigenvalue weighted by Gasteiger charge is -2.36. The molecule has 0 spiro atoms. The molecule has 2 heterocycles. The van der Waals surface area contributed by atoms with Crippen LogP contribution in [-0.2, 0) is 4.79 Å². The number of oxazole rings is 1. The number of carbonyl (C=O) groups excluding carboxylic acids is 1. The lowest BCUT2D eigenvalue weighted by molar-refractivity contribution is -0.192. The Labute approximate surface area is 212 Å². The highest BCUT2D eigenvalue weighted by Gasteiger charge is 2.51. The third-order valence-corrected chi connectivity index (χ3v) is 6.57. The number of carbonyl (C=O) groups is 2. The van der Waals surface area contributed by atoms with Crippen molar-refractivity contribution in [3.63, 3.8) is 0 Å². The number of nitrogens with zero attached hydrogens (tertiary/aromatic N) is 2. The molecule has 1 fully saturated rings. The number of rotatable bonds is 9. The van der Waals surface area contributed by atoms with E-state index in [0.29, 0.717) is 35.4 Å². The molecule has 1 saturated heterocycles. The molecule has 9 heteroatoms. The number of benzene rings is 3. The number of aromatic nitrogens is 1. The summed E-state index contributed by atoms with van der Waals surface area (Å²) in [5.74, 6) is -4.70. The Morgan fingerprint density at radius 2 is 1.84 bits per heavy atom. The second-order valence-electron chi connectivity index (χ2n) is 9.02. The number of carboxylic acid groups (broad SMARTS) is 1. The Morgan fingerprint density at radius 3 is 2.54 bits per heavy atom. The number of aryl methyl sites for hydroxylation is 1. The van der Waals surface area contributed by atoms with Crippen LogP contribution in [0.1, 0.15) is 40.4 Å². The number of hydrogen-bond acceptors (Lipinski definition) is 7. The highest BCUT2D eigenvalue weighted by Crippen LogP contribution is 2.35. The minimum absolute atomic E-state index is 0.0313. The maximum absolute atomic E-state index is 17.0. The molecule has 190 valence electrons. The fraction of sp³-hybridized carbons (Fsp3) is 0.250. The van der Waals surface area contributed by atoms with Crippen LogP contribution in [-0.4, -0.2) is 45.8 Å². The van der Waals surface area contributed by atoms with Crippen LogP contribution in [0.25, 0.3) is 11.1 Å². The highest BCUT2D eigenvalue weighted by molar-refractivity contribution is 5.94. The van der Waals surface area contributed by atoms with Gasteiger partial charge in [0.1, 0.15) is 17.3 Å². The van der Waals surface area contributed by atoms with Gasteiger partial charge in [0, 0.05) is 18.8 Å². The molecule has 3 aromatic carbocycles. The van der Waals surface area contributed by atoms with Crippen molar-refractivity contribution >= 4 is 28.5 Å². The van der Waals surface area contributed by atoms with Crippen molar-refractivity contribution in [1.29, 1.82) is 0 Å². The van der Waals surface area contributed by atoms with Gasteiger partial charge in [-0.1, -0.05) is 24.3 Å². The molecule has 2 N–H and O–H groups in total. The van der Waals surface area contributed by atoms with E-state index in [9.17, 15) is 14.7 Å². The minimum atomic E-state index is -2.81. The van der Waals surface area contributed by atoms with Gasteiger partial charge >= 0.3 is 11.9 Å². The summed E-state index contributed by atoms with van der Waals surface area (Å²) in [4.78, 5) is 30.9. The highest BCUT2D eigenvalue weighted by atomic mass is 19.2. The van der Waals surface area contributed by atoms with Gasteiger partial charge in [-0.05, 0) is 73.4 Å². The van der Waals surface area contributed by atoms with Gasteiger partial charge in [0.05, 0.1) is 5.56 Å². The average molecular weight is 504 g/mol. The van der Waals surface area contributed by atoms with Crippen molar-refractivity contribution in [2.45, 2.75) is 31.8 Å². The Hall–Kier alpha value is -4.24. The van der Waals surface area contributed by atoms with Crippen LogP contribution in [0.15, 0.2) is 77.5 Å². The Bertz CT molecular complexity index is 1430. The summed E-state index contributed by atoms with van der Waals surface area (Å²) in [5, 5.41) is 12.4. The van der Waals surface area contributed by atoms with Crippen LogP contribution in [0, 0.1) is 6.92 Å². The number of alkyl halides is 1. The molecule has 2 unspecified atom stereocenters. The molecular weight excluding hydrogens is 477 g/mol. The van der Waals surface area contributed by atoms with E-state index in [4.69, 9.17) is 9.15 Å². The lowest BCUT2D eigenvalue weighted by Crippen LogP contribution is -2.57. The van der Waals surface area contributed by atoms with E-state index in [1.165, 1.54) is 35.6 Å². The quantitative estimate of drug-likeness (QED) is 0.294. The van der Waals surface area contributed by atoms with E-state index in [2.05, 4.69) is 10.3 Å². The van der Waals surface area contributed by atoms with E-state index < -0.39 is 23.8 Å². The number of hydrogen-bond donors (Lipinski definition) is 2. The summed E-state index contributed by atoms with van der Waals surface area (Å²) in [6, 6.07) is 16.7. The normalized spacial score (nSPS) is 16.3. The number of anilines is 1. The van der Waals surface area contributed by atoms with E-state index in [0.717, 1.165) is 18.4 Å². The number of aromatic carboxylic acids is 1. The second-order valence-corrected chi connectivity index (χ2v) is 9.02. The predicted octanol–water partition coefficient (Wildman–Crippen LogP) is 5.35. The first-order chi connectivity index (χ1) is 17.8. The molecule has 1 aromatic heterocycles. The Morgan fingerprint density at radius 1 is 1.11 bits per heavy atom. The van der Waals surface area contributed by atoms with E-state index in [1.807, 2.05) is 31.2 Å². The average Bonchev–Trinajstić information content (AvgIpc) is 3.60. The van der Waals surface area contributed by atoms with Crippen LogP contribution < -0.4 is 10.1 Å². The zero-order valence-corrected chi connectivity index (χ0v) is 20.2. The molecule has 1 aliphatic heterocycles. The Balaban J connectivity index is 1.56. The van der Waals surface area contributed by atoms with E-state index in [1.54, 1.807) is 18.2 Å². The molecular formula is C28H26FN3O5. The number of nitrogens with one attached hydrogen (secondary N) is 1. The van der Waals surface area contributed by atoms with Crippen molar-refractivity contribution in [3.05, 3.63) is 89.8 Å². The van der Waals surface area contributed by atoms with Gasteiger partial charge in [0.25, 0.3) is 5.78 Å². The number of ketones is 1. The van der Waals surface area contributed by atoms with Crippen molar-refractivity contribution in [2.24, 2.45) is 0 Å². The summed E-state index contributed by atoms with van der Waals surface area (Å²) >= 11 is 0. The first-order valence-electron chi connectivity index (χ1n) is 12.0. The maximum Gasteiger partial charge on any atom is 0.373 e. The SMILES string of the molecule is Cc1ccccc1NC(C(=O)C(F)(Oc1ccc(C(=O)O)cc1)N1CCCC1)c1ccc2ncoc2c1. The van der Waals surface area contributed by atoms with Gasteiger partial charge in [-0.15, -0.1) is 0 Å². The molecule has 0 aliphatic carbocycles. The molecule has 5 rings (SSSR count). The fourth-order valence-corrected chi connectivity index (χ4v) is 4.52. The van der Waals surface area contributed by atoms with Gasteiger partial charge in [-0.25, -0.2) is 14.7 Å². The lowest BCUT2D eigenvalue weighted by atomic mass is 9.98. The van der Waals surface area contributed by atoms with Gasteiger partial charge in [0.15, 0.2) is 12.0 Å². The number of ether oxygens (including phenoxy) is 1. The smallest absolute Gasteiger partial charge is 0.373 e.